The number of unbranched alkanes of at least 4 members (excludes halogenated alkanes) is 13. The Kier molecular flexibility index (Phi) is 25.8. The number of carbonyl (C=O) groups excluding carboxylic acids is 3. The highest BCUT2D eigenvalue weighted by Crippen LogP contribution is 2.26. The first-order chi connectivity index (χ1) is 24.5. The zero-order valence-corrected chi connectivity index (χ0v) is 31.2. The lowest BCUT2D eigenvalue weighted by Crippen LogP contribution is -2.22. The van der Waals surface area contributed by atoms with Gasteiger partial charge in [-0.3, -0.25) is 9.59 Å². The number of benzene rings is 1. The third kappa shape index (κ3) is 22.1. The summed E-state index contributed by atoms with van der Waals surface area (Å²) in [5, 5.41) is 0. The largest absolute Gasteiger partial charge is 0.494 e. The average Bonchev–Trinajstić information content (AvgIpc) is 3.14. The maximum Gasteiger partial charge on any atom is 0.342 e. The lowest BCUT2D eigenvalue weighted by atomic mass is 10.1. The highest BCUT2D eigenvalue weighted by Gasteiger charge is 2.17. The molecule has 1 atom stereocenters. The summed E-state index contributed by atoms with van der Waals surface area (Å²) in [6.07, 6.45) is 20.0. The molecule has 10 nitrogen and oxygen atoms in total. The van der Waals surface area contributed by atoms with Crippen LogP contribution >= 0.6 is 0 Å². The van der Waals surface area contributed by atoms with Crippen LogP contribution in [0.4, 0.5) is 0 Å². The Morgan fingerprint density at radius 1 is 0.600 bits per heavy atom. The van der Waals surface area contributed by atoms with E-state index < -0.39 is 5.97 Å². The van der Waals surface area contributed by atoms with E-state index >= 15 is 0 Å². The summed E-state index contributed by atoms with van der Waals surface area (Å²) < 4.78 is 39.4. The molecular formula is C40H66O10. The first-order valence-electron chi connectivity index (χ1n) is 19.6. The highest BCUT2D eigenvalue weighted by atomic mass is 16.7. The molecule has 1 fully saturated rings. The van der Waals surface area contributed by atoms with E-state index in [0.29, 0.717) is 69.5 Å². The Morgan fingerprint density at radius 2 is 1.10 bits per heavy atom. The van der Waals surface area contributed by atoms with Crippen molar-refractivity contribution in [1.29, 1.82) is 0 Å². The zero-order chi connectivity index (χ0) is 35.9. The molecule has 1 aliphatic rings. The van der Waals surface area contributed by atoms with Gasteiger partial charge in [0, 0.05) is 26.1 Å². The third-order valence-corrected chi connectivity index (χ3v) is 8.59. The van der Waals surface area contributed by atoms with Gasteiger partial charge < -0.3 is 33.2 Å². The lowest BCUT2D eigenvalue weighted by molar-refractivity contribution is -0.162. The van der Waals surface area contributed by atoms with Gasteiger partial charge >= 0.3 is 17.9 Å². The second-order valence-corrected chi connectivity index (χ2v) is 13.0. The van der Waals surface area contributed by atoms with Gasteiger partial charge in [0.25, 0.3) is 0 Å². The van der Waals surface area contributed by atoms with E-state index in [-0.39, 0.29) is 18.2 Å². The summed E-state index contributed by atoms with van der Waals surface area (Å²) in [6, 6.07) is 5.41. The summed E-state index contributed by atoms with van der Waals surface area (Å²) >= 11 is 0. The maximum absolute atomic E-state index is 13.2. The SMILES string of the molecule is CCC(=O)OCCCCCCCCOc1ccc(OCCCCCCCCOC(=O)CC)c(C(=O)OCCCCCCOC2CCCCO2)c1. The van der Waals surface area contributed by atoms with E-state index in [0.717, 1.165) is 122 Å². The normalized spacial score (nSPS) is 14.2. The minimum Gasteiger partial charge on any atom is -0.494 e. The first-order valence-corrected chi connectivity index (χ1v) is 19.6. The molecular weight excluding hydrogens is 640 g/mol. The molecule has 1 aromatic carbocycles. The van der Waals surface area contributed by atoms with Crippen LogP contribution in [0.5, 0.6) is 11.5 Å². The number of hydrogen-bond acceptors (Lipinski definition) is 10. The molecule has 0 bridgehead atoms. The molecule has 0 spiro atoms. The second-order valence-electron chi connectivity index (χ2n) is 13.0. The molecule has 0 aliphatic carbocycles. The van der Waals surface area contributed by atoms with Crippen molar-refractivity contribution < 1.29 is 47.5 Å². The van der Waals surface area contributed by atoms with Crippen molar-refractivity contribution in [2.75, 3.05) is 46.2 Å². The first kappa shape index (κ1) is 43.3. The van der Waals surface area contributed by atoms with Gasteiger partial charge in [0.05, 0.1) is 33.0 Å². The van der Waals surface area contributed by atoms with Crippen LogP contribution in [0.25, 0.3) is 0 Å². The molecule has 1 unspecified atom stereocenters. The standard InChI is InChI=1S/C40H66O10/c1-3-37(41)46-28-18-11-7-5-9-16-26-44-34-24-25-36(45-27-17-10-6-8-12-19-29-47-38(42)4-2)35(33-34)40(43)50-32-21-14-13-20-30-48-39-23-15-22-31-49-39/h24-25,33,39H,3-23,26-32H2,1-2H3. The fraction of sp³-hybridized carbons (Fsp3) is 0.775. The molecule has 0 saturated carbocycles. The maximum atomic E-state index is 13.2. The molecule has 0 aromatic heterocycles. The quantitative estimate of drug-likeness (QED) is 0.0420. The molecule has 286 valence electrons. The number of hydrogen-bond donors (Lipinski definition) is 0. The monoisotopic (exact) mass is 706 g/mol. The number of rotatable bonds is 31. The van der Waals surface area contributed by atoms with Crippen molar-refractivity contribution in [3.8, 4) is 11.5 Å². The predicted molar refractivity (Wildman–Crippen MR) is 194 cm³/mol. The van der Waals surface area contributed by atoms with E-state index in [1.165, 1.54) is 6.42 Å². The third-order valence-electron chi connectivity index (χ3n) is 8.59. The fourth-order valence-corrected chi connectivity index (χ4v) is 5.51. The van der Waals surface area contributed by atoms with Crippen LogP contribution in [-0.2, 0) is 33.3 Å². The summed E-state index contributed by atoms with van der Waals surface area (Å²) in [4.78, 5) is 35.6. The Balaban J connectivity index is 1.70. The smallest absolute Gasteiger partial charge is 0.342 e. The van der Waals surface area contributed by atoms with E-state index in [9.17, 15) is 14.4 Å². The van der Waals surface area contributed by atoms with Gasteiger partial charge in [0.15, 0.2) is 6.29 Å². The van der Waals surface area contributed by atoms with E-state index in [4.69, 9.17) is 33.2 Å². The van der Waals surface area contributed by atoms with Crippen LogP contribution in [0.3, 0.4) is 0 Å². The Bertz CT molecular complexity index is 1020. The van der Waals surface area contributed by atoms with Crippen molar-refractivity contribution in [3.05, 3.63) is 23.8 Å². The molecule has 1 saturated heterocycles. The Labute approximate surface area is 301 Å². The topological polar surface area (TPSA) is 116 Å². The summed E-state index contributed by atoms with van der Waals surface area (Å²) in [5.74, 6) is 0.486. The molecule has 10 heteroatoms. The summed E-state index contributed by atoms with van der Waals surface area (Å²) in [7, 11) is 0. The minimum atomic E-state index is -0.392. The summed E-state index contributed by atoms with van der Waals surface area (Å²) in [5.41, 5.74) is 0.397. The molecule has 50 heavy (non-hydrogen) atoms. The summed E-state index contributed by atoms with van der Waals surface area (Å²) in [6.45, 7) is 7.55. The number of esters is 3. The van der Waals surface area contributed by atoms with Gasteiger partial charge in [-0.2, -0.15) is 0 Å². The van der Waals surface area contributed by atoms with Crippen molar-refractivity contribution in [1.82, 2.24) is 0 Å². The van der Waals surface area contributed by atoms with Crippen LogP contribution in [0.2, 0.25) is 0 Å². The predicted octanol–water partition coefficient (Wildman–Crippen LogP) is 9.29. The second kappa shape index (κ2) is 29.8. The van der Waals surface area contributed by atoms with Crippen LogP contribution in [0.15, 0.2) is 18.2 Å². The molecule has 0 amide bonds. The van der Waals surface area contributed by atoms with E-state index in [2.05, 4.69) is 0 Å². The lowest BCUT2D eigenvalue weighted by Gasteiger charge is -2.22. The molecule has 1 heterocycles. The molecule has 0 radical (unpaired) electrons. The zero-order valence-electron chi connectivity index (χ0n) is 31.2. The van der Waals surface area contributed by atoms with Gasteiger partial charge in [-0.1, -0.05) is 71.6 Å². The van der Waals surface area contributed by atoms with Crippen molar-refractivity contribution in [2.24, 2.45) is 0 Å². The van der Waals surface area contributed by atoms with Gasteiger partial charge in [-0.25, -0.2) is 4.79 Å². The Hall–Kier alpha value is -2.85. The molecule has 2 rings (SSSR count). The van der Waals surface area contributed by atoms with Crippen LogP contribution in [0, 0.1) is 0 Å². The van der Waals surface area contributed by atoms with Gasteiger partial charge in [0.1, 0.15) is 17.1 Å². The van der Waals surface area contributed by atoms with Crippen LogP contribution < -0.4 is 9.47 Å². The molecule has 1 aromatic rings. The van der Waals surface area contributed by atoms with Crippen molar-refractivity contribution >= 4 is 17.9 Å². The number of ether oxygens (including phenoxy) is 7. The van der Waals surface area contributed by atoms with Crippen LogP contribution in [-0.4, -0.2) is 70.4 Å². The van der Waals surface area contributed by atoms with E-state index in [1.807, 2.05) is 12.1 Å². The fourth-order valence-electron chi connectivity index (χ4n) is 5.51. The minimum absolute atomic E-state index is 0.0451. The van der Waals surface area contributed by atoms with Crippen molar-refractivity contribution in [3.63, 3.8) is 0 Å². The van der Waals surface area contributed by atoms with Crippen molar-refractivity contribution in [2.45, 2.75) is 155 Å². The average molecular weight is 707 g/mol. The van der Waals surface area contributed by atoms with Gasteiger partial charge in [-0.05, 0) is 82.4 Å². The highest BCUT2D eigenvalue weighted by molar-refractivity contribution is 5.93. The molecule has 0 N–H and O–H groups in total. The Morgan fingerprint density at radius 3 is 1.64 bits per heavy atom. The number of carbonyl (C=O) groups is 3. The molecule has 1 aliphatic heterocycles. The van der Waals surface area contributed by atoms with E-state index in [1.54, 1.807) is 19.9 Å². The van der Waals surface area contributed by atoms with Crippen LogP contribution in [0.1, 0.15) is 159 Å². The van der Waals surface area contributed by atoms with Gasteiger partial charge in [0.2, 0.25) is 0 Å². The van der Waals surface area contributed by atoms with Gasteiger partial charge in [-0.15, -0.1) is 0 Å².